The number of rotatable bonds is 6. The maximum absolute atomic E-state index is 13.5. The van der Waals surface area contributed by atoms with Gasteiger partial charge in [0.25, 0.3) is 0 Å². The molecular weight excluding hydrogens is 243 g/mol. The third-order valence-electron chi connectivity index (χ3n) is 2.57. The normalized spacial score (nSPS) is 11.8. The van der Waals surface area contributed by atoms with E-state index < -0.39 is 0 Å². The molecule has 4 N–H and O–H groups in total. The maximum atomic E-state index is 13.5. The SMILES string of the molecule is COc1ccc(F)c([C@@H](N)CCCCN)c1.Cl. The highest BCUT2D eigenvalue weighted by atomic mass is 35.5. The topological polar surface area (TPSA) is 61.3 Å². The van der Waals surface area contributed by atoms with Gasteiger partial charge in [0, 0.05) is 11.6 Å². The van der Waals surface area contributed by atoms with Gasteiger partial charge in [-0.1, -0.05) is 6.42 Å². The lowest BCUT2D eigenvalue weighted by Gasteiger charge is -2.13. The van der Waals surface area contributed by atoms with E-state index in [0.717, 1.165) is 19.3 Å². The molecule has 0 saturated heterocycles. The number of hydrogen-bond acceptors (Lipinski definition) is 3. The Hall–Kier alpha value is -0.840. The minimum absolute atomic E-state index is 0. The molecule has 0 fully saturated rings. The molecule has 0 saturated carbocycles. The van der Waals surface area contributed by atoms with Crippen molar-refractivity contribution in [3.63, 3.8) is 0 Å². The first-order valence-electron chi connectivity index (χ1n) is 5.48. The van der Waals surface area contributed by atoms with Crippen LogP contribution in [-0.4, -0.2) is 13.7 Å². The van der Waals surface area contributed by atoms with Crippen LogP contribution in [0.3, 0.4) is 0 Å². The van der Waals surface area contributed by atoms with Crippen LogP contribution in [0.2, 0.25) is 0 Å². The van der Waals surface area contributed by atoms with Crippen molar-refractivity contribution in [3.05, 3.63) is 29.6 Å². The first kappa shape index (κ1) is 16.2. The van der Waals surface area contributed by atoms with Crippen molar-refractivity contribution in [3.8, 4) is 5.75 Å². The van der Waals surface area contributed by atoms with E-state index in [4.69, 9.17) is 16.2 Å². The summed E-state index contributed by atoms with van der Waals surface area (Å²) in [4.78, 5) is 0. The van der Waals surface area contributed by atoms with Crippen molar-refractivity contribution >= 4 is 12.4 Å². The van der Waals surface area contributed by atoms with Crippen LogP contribution in [0.4, 0.5) is 4.39 Å². The Morgan fingerprint density at radius 3 is 2.65 bits per heavy atom. The molecule has 0 aliphatic rings. The second-order valence-corrected chi connectivity index (χ2v) is 3.78. The fraction of sp³-hybridized carbons (Fsp3) is 0.500. The Bertz CT molecular complexity index is 336. The van der Waals surface area contributed by atoms with Crippen LogP contribution in [0.25, 0.3) is 0 Å². The molecule has 1 rings (SSSR count). The van der Waals surface area contributed by atoms with Gasteiger partial charge in [-0.3, -0.25) is 0 Å². The fourth-order valence-electron chi connectivity index (χ4n) is 1.60. The lowest BCUT2D eigenvalue weighted by Crippen LogP contribution is -2.13. The number of ether oxygens (including phenoxy) is 1. The number of methoxy groups -OCH3 is 1. The highest BCUT2D eigenvalue weighted by molar-refractivity contribution is 5.85. The molecule has 1 aromatic carbocycles. The second-order valence-electron chi connectivity index (χ2n) is 3.78. The van der Waals surface area contributed by atoms with Gasteiger partial charge in [0.05, 0.1) is 7.11 Å². The molecule has 0 bridgehead atoms. The predicted molar refractivity (Wildman–Crippen MR) is 70.0 cm³/mol. The molecule has 0 aliphatic carbocycles. The average molecular weight is 263 g/mol. The molecule has 1 atom stereocenters. The van der Waals surface area contributed by atoms with Gasteiger partial charge in [-0.05, 0) is 37.6 Å². The summed E-state index contributed by atoms with van der Waals surface area (Å²) in [7, 11) is 1.55. The van der Waals surface area contributed by atoms with Crippen LogP contribution in [0.15, 0.2) is 18.2 Å². The van der Waals surface area contributed by atoms with Crippen LogP contribution < -0.4 is 16.2 Å². The highest BCUT2D eigenvalue weighted by Crippen LogP contribution is 2.24. The number of halogens is 2. The van der Waals surface area contributed by atoms with Crippen LogP contribution in [-0.2, 0) is 0 Å². The van der Waals surface area contributed by atoms with E-state index in [9.17, 15) is 4.39 Å². The minimum atomic E-state index is -0.290. The first-order valence-corrected chi connectivity index (χ1v) is 5.48. The molecule has 0 spiro atoms. The van der Waals surface area contributed by atoms with E-state index >= 15 is 0 Å². The predicted octanol–water partition coefficient (Wildman–Crippen LogP) is 2.38. The summed E-state index contributed by atoms with van der Waals surface area (Å²) < 4.78 is 18.5. The molecular formula is C12H20ClFN2O. The highest BCUT2D eigenvalue weighted by Gasteiger charge is 2.12. The van der Waals surface area contributed by atoms with Gasteiger partial charge >= 0.3 is 0 Å². The zero-order valence-corrected chi connectivity index (χ0v) is 10.8. The van der Waals surface area contributed by atoms with E-state index in [1.807, 2.05) is 0 Å². The van der Waals surface area contributed by atoms with Crippen molar-refractivity contribution in [2.75, 3.05) is 13.7 Å². The molecule has 0 heterocycles. The number of benzene rings is 1. The molecule has 98 valence electrons. The zero-order chi connectivity index (χ0) is 12.0. The van der Waals surface area contributed by atoms with Crippen LogP contribution in [0, 0.1) is 5.82 Å². The summed E-state index contributed by atoms with van der Waals surface area (Å²) in [6, 6.07) is 4.34. The number of nitrogens with two attached hydrogens (primary N) is 2. The first-order chi connectivity index (χ1) is 7.69. The third kappa shape index (κ3) is 4.89. The summed E-state index contributed by atoms with van der Waals surface area (Å²) in [5.41, 5.74) is 11.8. The fourth-order valence-corrected chi connectivity index (χ4v) is 1.60. The Morgan fingerprint density at radius 1 is 1.35 bits per heavy atom. The molecule has 0 aromatic heterocycles. The van der Waals surface area contributed by atoms with Gasteiger partial charge in [-0.15, -0.1) is 12.4 Å². The van der Waals surface area contributed by atoms with Gasteiger partial charge < -0.3 is 16.2 Å². The molecule has 0 amide bonds. The minimum Gasteiger partial charge on any atom is -0.497 e. The molecule has 0 aliphatic heterocycles. The van der Waals surface area contributed by atoms with Crippen molar-refractivity contribution in [2.24, 2.45) is 11.5 Å². The Balaban J connectivity index is 0.00000256. The maximum Gasteiger partial charge on any atom is 0.128 e. The largest absolute Gasteiger partial charge is 0.497 e. The van der Waals surface area contributed by atoms with Gasteiger partial charge in [-0.25, -0.2) is 4.39 Å². The van der Waals surface area contributed by atoms with Crippen LogP contribution >= 0.6 is 12.4 Å². The Morgan fingerprint density at radius 2 is 2.06 bits per heavy atom. The number of unbranched alkanes of at least 4 members (excludes halogenated alkanes) is 1. The molecule has 0 unspecified atom stereocenters. The van der Waals surface area contributed by atoms with Gasteiger partial charge in [0.1, 0.15) is 11.6 Å². The van der Waals surface area contributed by atoms with Crippen molar-refractivity contribution < 1.29 is 9.13 Å². The van der Waals surface area contributed by atoms with E-state index in [-0.39, 0.29) is 24.3 Å². The quantitative estimate of drug-likeness (QED) is 0.774. The van der Waals surface area contributed by atoms with Crippen molar-refractivity contribution in [1.82, 2.24) is 0 Å². The third-order valence-corrected chi connectivity index (χ3v) is 2.57. The summed E-state index contributed by atoms with van der Waals surface area (Å²) in [5, 5.41) is 0. The van der Waals surface area contributed by atoms with Crippen molar-refractivity contribution in [2.45, 2.75) is 25.3 Å². The summed E-state index contributed by atoms with van der Waals surface area (Å²) in [6.07, 6.45) is 2.56. The molecule has 5 heteroatoms. The Labute approximate surface area is 108 Å². The average Bonchev–Trinajstić information content (AvgIpc) is 2.30. The van der Waals surface area contributed by atoms with E-state index in [2.05, 4.69) is 0 Å². The number of hydrogen-bond donors (Lipinski definition) is 2. The smallest absolute Gasteiger partial charge is 0.128 e. The van der Waals surface area contributed by atoms with Crippen molar-refractivity contribution in [1.29, 1.82) is 0 Å². The summed E-state index contributed by atoms with van der Waals surface area (Å²) in [6.45, 7) is 0.646. The molecule has 1 aromatic rings. The van der Waals surface area contributed by atoms with Crippen LogP contribution in [0.5, 0.6) is 5.75 Å². The van der Waals surface area contributed by atoms with E-state index in [1.165, 1.54) is 6.07 Å². The zero-order valence-electron chi connectivity index (χ0n) is 9.99. The molecule has 0 radical (unpaired) electrons. The van der Waals surface area contributed by atoms with Gasteiger partial charge in [0.15, 0.2) is 0 Å². The van der Waals surface area contributed by atoms with E-state index in [0.29, 0.717) is 17.9 Å². The Kier molecular flexibility index (Phi) is 7.87. The molecule has 17 heavy (non-hydrogen) atoms. The molecule has 3 nitrogen and oxygen atoms in total. The lowest BCUT2D eigenvalue weighted by atomic mass is 10.0. The monoisotopic (exact) mass is 262 g/mol. The summed E-state index contributed by atoms with van der Waals surface area (Å²) in [5.74, 6) is 0.353. The van der Waals surface area contributed by atoms with E-state index in [1.54, 1.807) is 19.2 Å². The standard InChI is InChI=1S/C12H19FN2O.ClH/c1-16-9-5-6-11(13)10(8-9)12(15)4-2-3-7-14;/h5-6,8,12H,2-4,7,14-15H2,1H3;1H/t12-;/m0./s1. The lowest BCUT2D eigenvalue weighted by molar-refractivity contribution is 0.411. The second kappa shape index (κ2) is 8.28. The van der Waals surface area contributed by atoms with Gasteiger partial charge in [-0.2, -0.15) is 0 Å². The van der Waals surface area contributed by atoms with Gasteiger partial charge in [0.2, 0.25) is 0 Å². The van der Waals surface area contributed by atoms with Crippen LogP contribution in [0.1, 0.15) is 30.9 Å². The summed E-state index contributed by atoms with van der Waals surface area (Å²) >= 11 is 0.